The second-order valence-corrected chi connectivity index (χ2v) is 5.84. The maximum atomic E-state index is 5.69. The summed E-state index contributed by atoms with van der Waals surface area (Å²) in [5.41, 5.74) is 5.69. The summed E-state index contributed by atoms with van der Waals surface area (Å²) >= 11 is 2.04. The molecule has 0 radical (unpaired) electrons. The second-order valence-electron chi connectivity index (χ2n) is 4.62. The number of aromatic nitrogens is 3. The number of hydrogen-bond donors (Lipinski definition) is 2. The molecule has 6 heteroatoms. The molecule has 1 aliphatic heterocycles. The van der Waals surface area contributed by atoms with Crippen LogP contribution in [0, 0.1) is 5.92 Å². The van der Waals surface area contributed by atoms with Crippen molar-refractivity contribution in [2.75, 3.05) is 29.1 Å². The van der Waals surface area contributed by atoms with Gasteiger partial charge in [0.1, 0.15) is 5.82 Å². The van der Waals surface area contributed by atoms with Crippen molar-refractivity contribution < 1.29 is 0 Å². The molecule has 1 aromatic heterocycles. The Bertz CT molecular complexity index is 379. The highest BCUT2D eigenvalue weighted by molar-refractivity contribution is 7.99. The van der Waals surface area contributed by atoms with Crippen molar-refractivity contribution in [1.29, 1.82) is 0 Å². The molecule has 0 saturated carbocycles. The molecule has 1 fully saturated rings. The van der Waals surface area contributed by atoms with Gasteiger partial charge in [0, 0.05) is 13.0 Å². The predicted molar refractivity (Wildman–Crippen MR) is 76.8 cm³/mol. The number of hydrogen-bond acceptors (Lipinski definition) is 6. The Morgan fingerprint density at radius 1 is 1.28 bits per heavy atom. The van der Waals surface area contributed by atoms with Crippen molar-refractivity contribution in [3.8, 4) is 0 Å². The molecular weight excluding hydrogens is 246 g/mol. The Kier molecular flexibility index (Phi) is 5.04. The van der Waals surface area contributed by atoms with Crippen LogP contribution in [0.15, 0.2) is 0 Å². The van der Waals surface area contributed by atoms with E-state index < -0.39 is 0 Å². The normalized spacial score (nSPS) is 16.7. The molecule has 1 aromatic rings. The third kappa shape index (κ3) is 4.01. The number of nitrogen functional groups attached to an aromatic ring is 1. The number of rotatable bonds is 5. The first-order valence-corrected chi connectivity index (χ1v) is 7.75. The largest absolute Gasteiger partial charge is 0.368 e. The Balaban J connectivity index is 1.91. The van der Waals surface area contributed by atoms with Crippen LogP contribution in [0.1, 0.15) is 32.0 Å². The number of aryl methyl sites for hydroxylation is 1. The van der Waals surface area contributed by atoms with Gasteiger partial charge < -0.3 is 11.1 Å². The van der Waals surface area contributed by atoms with Gasteiger partial charge in [-0.25, -0.2) is 0 Å². The lowest BCUT2D eigenvalue weighted by Crippen LogP contribution is -2.20. The second kappa shape index (κ2) is 6.78. The fraction of sp³-hybridized carbons (Fsp3) is 0.750. The van der Waals surface area contributed by atoms with Gasteiger partial charge in [0.2, 0.25) is 11.9 Å². The fourth-order valence-electron chi connectivity index (χ4n) is 2.04. The minimum atomic E-state index is 0.315. The van der Waals surface area contributed by atoms with Gasteiger partial charge in [-0.1, -0.05) is 6.92 Å². The molecule has 100 valence electrons. The third-order valence-electron chi connectivity index (χ3n) is 3.06. The quantitative estimate of drug-likeness (QED) is 0.849. The van der Waals surface area contributed by atoms with E-state index in [-0.39, 0.29) is 0 Å². The fourth-order valence-corrected chi connectivity index (χ4v) is 3.24. The molecule has 0 amide bonds. The van der Waals surface area contributed by atoms with Crippen LogP contribution < -0.4 is 11.1 Å². The first kappa shape index (κ1) is 13.4. The molecule has 0 aliphatic carbocycles. The highest BCUT2D eigenvalue weighted by atomic mass is 32.2. The average Bonchev–Trinajstić information content (AvgIpc) is 2.37. The third-order valence-corrected chi connectivity index (χ3v) is 4.11. The first-order valence-electron chi connectivity index (χ1n) is 6.60. The standard InChI is InChI=1S/C12H21N5S/c1-2-3-10-15-11(13)17-12(16-10)14-8-9-4-6-18-7-5-9/h9H,2-8H2,1H3,(H3,13,14,15,16,17). The van der Waals surface area contributed by atoms with E-state index >= 15 is 0 Å². The van der Waals surface area contributed by atoms with Gasteiger partial charge in [-0.2, -0.15) is 26.7 Å². The highest BCUT2D eigenvalue weighted by Gasteiger charge is 2.14. The summed E-state index contributed by atoms with van der Waals surface area (Å²) in [4.78, 5) is 12.7. The number of nitrogens with one attached hydrogen (secondary N) is 1. The summed E-state index contributed by atoms with van der Waals surface area (Å²) in [5.74, 6) is 5.00. The van der Waals surface area contributed by atoms with Gasteiger partial charge >= 0.3 is 0 Å². The number of anilines is 2. The molecule has 0 bridgehead atoms. The van der Waals surface area contributed by atoms with E-state index in [9.17, 15) is 0 Å². The molecule has 0 aromatic carbocycles. The molecule has 0 unspecified atom stereocenters. The number of nitrogens with zero attached hydrogens (tertiary/aromatic N) is 3. The van der Waals surface area contributed by atoms with E-state index in [2.05, 4.69) is 27.2 Å². The Labute approximate surface area is 112 Å². The summed E-state index contributed by atoms with van der Waals surface area (Å²) < 4.78 is 0. The predicted octanol–water partition coefficient (Wildman–Crippen LogP) is 1.96. The molecule has 2 rings (SSSR count). The molecule has 18 heavy (non-hydrogen) atoms. The zero-order valence-corrected chi connectivity index (χ0v) is 11.7. The van der Waals surface area contributed by atoms with Crippen molar-refractivity contribution in [2.24, 2.45) is 5.92 Å². The van der Waals surface area contributed by atoms with Gasteiger partial charge in [-0.05, 0) is 36.7 Å². The van der Waals surface area contributed by atoms with Crippen LogP contribution in [0.25, 0.3) is 0 Å². The summed E-state index contributed by atoms with van der Waals surface area (Å²) in [7, 11) is 0. The van der Waals surface area contributed by atoms with Crippen LogP contribution in [0.4, 0.5) is 11.9 Å². The topological polar surface area (TPSA) is 76.7 Å². The minimum absolute atomic E-state index is 0.315. The Morgan fingerprint density at radius 2 is 2.06 bits per heavy atom. The van der Waals surface area contributed by atoms with Crippen LogP contribution in [0.5, 0.6) is 0 Å². The van der Waals surface area contributed by atoms with Crippen LogP contribution in [0.2, 0.25) is 0 Å². The van der Waals surface area contributed by atoms with E-state index in [4.69, 9.17) is 5.73 Å². The smallest absolute Gasteiger partial charge is 0.227 e. The highest BCUT2D eigenvalue weighted by Crippen LogP contribution is 2.22. The van der Waals surface area contributed by atoms with Crippen LogP contribution >= 0.6 is 11.8 Å². The van der Waals surface area contributed by atoms with Gasteiger partial charge in [0.15, 0.2) is 0 Å². The van der Waals surface area contributed by atoms with Crippen molar-refractivity contribution in [1.82, 2.24) is 15.0 Å². The lowest BCUT2D eigenvalue weighted by atomic mass is 10.0. The summed E-state index contributed by atoms with van der Waals surface area (Å²) in [6.07, 6.45) is 4.42. The lowest BCUT2D eigenvalue weighted by Gasteiger charge is -2.21. The molecule has 3 N–H and O–H groups in total. The van der Waals surface area contributed by atoms with Crippen molar-refractivity contribution in [3.63, 3.8) is 0 Å². The summed E-state index contributed by atoms with van der Waals surface area (Å²) in [6.45, 7) is 3.04. The molecule has 0 spiro atoms. The zero-order chi connectivity index (χ0) is 12.8. The molecule has 5 nitrogen and oxygen atoms in total. The SMILES string of the molecule is CCCc1nc(N)nc(NCC2CCSCC2)n1. The van der Waals surface area contributed by atoms with Crippen LogP contribution in [-0.4, -0.2) is 33.0 Å². The van der Waals surface area contributed by atoms with E-state index in [1.54, 1.807) is 0 Å². The molecule has 1 aliphatic rings. The molecular formula is C12H21N5S. The van der Waals surface area contributed by atoms with Crippen molar-refractivity contribution >= 4 is 23.7 Å². The molecule has 0 atom stereocenters. The summed E-state index contributed by atoms with van der Waals surface area (Å²) in [5, 5.41) is 3.30. The first-order chi connectivity index (χ1) is 8.78. The van der Waals surface area contributed by atoms with Gasteiger partial charge in [-0.3, -0.25) is 0 Å². The zero-order valence-electron chi connectivity index (χ0n) is 10.9. The number of nitrogens with two attached hydrogens (primary N) is 1. The van der Waals surface area contributed by atoms with E-state index in [0.717, 1.165) is 31.1 Å². The van der Waals surface area contributed by atoms with Crippen LogP contribution in [0.3, 0.4) is 0 Å². The van der Waals surface area contributed by atoms with Crippen molar-refractivity contribution in [2.45, 2.75) is 32.6 Å². The van der Waals surface area contributed by atoms with E-state index in [0.29, 0.717) is 11.9 Å². The minimum Gasteiger partial charge on any atom is -0.368 e. The van der Waals surface area contributed by atoms with Gasteiger partial charge in [0.25, 0.3) is 0 Å². The van der Waals surface area contributed by atoms with E-state index in [1.165, 1.54) is 24.3 Å². The Morgan fingerprint density at radius 3 is 2.78 bits per heavy atom. The lowest BCUT2D eigenvalue weighted by molar-refractivity contribution is 0.514. The Hall–Kier alpha value is -1.04. The van der Waals surface area contributed by atoms with Crippen LogP contribution in [-0.2, 0) is 6.42 Å². The molecule has 1 saturated heterocycles. The van der Waals surface area contributed by atoms with E-state index in [1.807, 2.05) is 11.8 Å². The average molecular weight is 267 g/mol. The maximum absolute atomic E-state index is 5.69. The van der Waals surface area contributed by atoms with Gasteiger partial charge in [0.05, 0.1) is 0 Å². The van der Waals surface area contributed by atoms with Gasteiger partial charge in [-0.15, -0.1) is 0 Å². The monoisotopic (exact) mass is 267 g/mol. The maximum Gasteiger partial charge on any atom is 0.227 e. The summed E-state index contributed by atoms with van der Waals surface area (Å²) in [6, 6.07) is 0. The molecule has 2 heterocycles. The number of thioether (sulfide) groups is 1. The van der Waals surface area contributed by atoms with Crippen molar-refractivity contribution in [3.05, 3.63) is 5.82 Å².